The minimum atomic E-state index is -0.934. The first-order valence-electron chi connectivity index (χ1n) is 5.09. The normalized spacial score (nSPS) is 14.2. The summed E-state index contributed by atoms with van der Waals surface area (Å²) in [5, 5.41) is 3.01. The topological polar surface area (TPSA) is 12.0 Å². The largest absolute Gasteiger partial charge is 0.306 e. The predicted molar refractivity (Wildman–Crippen MR) is 61.2 cm³/mol. The van der Waals surface area contributed by atoms with E-state index in [0.717, 1.165) is 5.56 Å². The van der Waals surface area contributed by atoms with Gasteiger partial charge in [-0.3, -0.25) is 0 Å². The summed E-state index contributed by atoms with van der Waals surface area (Å²) in [6.45, 7) is 2.97. The van der Waals surface area contributed by atoms with Crippen LogP contribution in [-0.2, 0) is 0 Å². The van der Waals surface area contributed by atoms with Crippen molar-refractivity contribution < 1.29 is 4.39 Å². The molecule has 0 amide bonds. The molecule has 1 N–H and O–H groups in total. The van der Waals surface area contributed by atoms with Crippen LogP contribution in [0.5, 0.6) is 0 Å². The van der Waals surface area contributed by atoms with Crippen LogP contribution in [0.25, 0.3) is 0 Å². The van der Waals surface area contributed by atoms with Crippen molar-refractivity contribution in [3.05, 3.63) is 35.9 Å². The Morgan fingerprint density at radius 3 is 2.67 bits per heavy atom. The molecule has 1 aromatic rings. The molecule has 0 aliphatic heterocycles. The zero-order valence-corrected chi connectivity index (χ0v) is 8.91. The highest BCUT2D eigenvalue weighted by atomic mass is 19.1. The molecule has 0 spiro atoms. The predicted octanol–water partition coefficient (Wildman–Crippen LogP) is 2.56. The summed E-state index contributed by atoms with van der Waals surface area (Å²) < 4.78 is 13.9. The van der Waals surface area contributed by atoms with Gasteiger partial charge >= 0.3 is 0 Å². The molecule has 2 heteroatoms. The fourth-order valence-corrected chi connectivity index (χ4v) is 1.44. The zero-order chi connectivity index (χ0) is 11.1. The van der Waals surface area contributed by atoms with Gasteiger partial charge in [-0.05, 0) is 5.56 Å². The third kappa shape index (κ3) is 3.73. The maximum Gasteiger partial charge on any atom is 0.129 e. The van der Waals surface area contributed by atoms with Crippen LogP contribution in [0.2, 0.25) is 0 Å². The average molecular weight is 205 g/mol. The first-order valence-corrected chi connectivity index (χ1v) is 5.09. The van der Waals surface area contributed by atoms with Crippen LogP contribution in [0.3, 0.4) is 0 Å². The Morgan fingerprint density at radius 2 is 2.07 bits per heavy atom. The fraction of sp³-hybridized carbons (Fsp3) is 0.385. The van der Waals surface area contributed by atoms with Crippen molar-refractivity contribution in [1.29, 1.82) is 0 Å². The van der Waals surface area contributed by atoms with Crippen LogP contribution in [0.1, 0.15) is 18.7 Å². The van der Waals surface area contributed by atoms with Crippen LogP contribution >= 0.6 is 0 Å². The van der Waals surface area contributed by atoms with Gasteiger partial charge in [-0.2, -0.15) is 0 Å². The van der Waals surface area contributed by atoms with E-state index in [1.807, 2.05) is 37.3 Å². The van der Waals surface area contributed by atoms with E-state index >= 15 is 0 Å². The molecule has 0 heterocycles. The van der Waals surface area contributed by atoms with E-state index in [9.17, 15) is 4.39 Å². The summed E-state index contributed by atoms with van der Waals surface area (Å²) in [6, 6.07) is 9.20. The first kappa shape index (κ1) is 11.7. The number of hydrogen-bond acceptors (Lipinski definition) is 1. The fourth-order valence-electron chi connectivity index (χ4n) is 1.44. The molecule has 2 unspecified atom stereocenters. The Kier molecular flexibility index (Phi) is 4.86. The molecule has 0 aliphatic carbocycles. The highest BCUT2D eigenvalue weighted by Gasteiger charge is 2.17. The second-order valence-electron chi connectivity index (χ2n) is 3.62. The molecule has 1 nitrogen and oxygen atoms in total. The van der Waals surface area contributed by atoms with Crippen molar-refractivity contribution in [2.75, 3.05) is 13.1 Å². The molecular formula is C13H16FN. The second kappa shape index (κ2) is 6.21. The van der Waals surface area contributed by atoms with E-state index in [1.165, 1.54) is 0 Å². The monoisotopic (exact) mass is 205 g/mol. The van der Waals surface area contributed by atoms with Crippen molar-refractivity contribution in [2.24, 2.45) is 5.92 Å². The van der Waals surface area contributed by atoms with Crippen LogP contribution in [0.4, 0.5) is 4.39 Å². The standard InChI is InChI=1S/C13H16FN/c1-3-9-15-10-11(2)13(14)12-7-5-4-6-8-12/h1,4-8,11,13,15H,9-10H2,2H3. The van der Waals surface area contributed by atoms with Crippen molar-refractivity contribution in [1.82, 2.24) is 5.32 Å². The van der Waals surface area contributed by atoms with Gasteiger partial charge in [0, 0.05) is 12.5 Å². The van der Waals surface area contributed by atoms with E-state index in [4.69, 9.17) is 6.42 Å². The maximum absolute atomic E-state index is 13.9. The molecule has 2 atom stereocenters. The van der Waals surface area contributed by atoms with Gasteiger partial charge in [0.1, 0.15) is 6.17 Å². The highest BCUT2D eigenvalue weighted by molar-refractivity contribution is 5.18. The summed E-state index contributed by atoms with van der Waals surface area (Å²) >= 11 is 0. The summed E-state index contributed by atoms with van der Waals surface area (Å²) in [4.78, 5) is 0. The quantitative estimate of drug-likeness (QED) is 0.575. The molecule has 0 saturated heterocycles. The first-order chi connectivity index (χ1) is 7.25. The Labute approximate surface area is 90.7 Å². The Hall–Kier alpha value is -1.33. The van der Waals surface area contributed by atoms with Crippen molar-refractivity contribution in [3.63, 3.8) is 0 Å². The minimum Gasteiger partial charge on any atom is -0.306 e. The Balaban J connectivity index is 2.46. The van der Waals surface area contributed by atoms with Gasteiger partial charge in [-0.1, -0.05) is 43.2 Å². The summed E-state index contributed by atoms with van der Waals surface area (Å²) in [7, 11) is 0. The van der Waals surface area contributed by atoms with Gasteiger partial charge in [0.25, 0.3) is 0 Å². The van der Waals surface area contributed by atoms with E-state index in [-0.39, 0.29) is 5.92 Å². The lowest BCUT2D eigenvalue weighted by Gasteiger charge is -2.16. The van der Waals surface area contributed by atoms with Gasteiger partial charge in [-0.25, -0.2) is 4.39 Å². The van der Waals surface area contributed by atoms with Crippen molar-refractivity contribution in [3.8, 4) is 12.3 Å². The van der Waals surface area contributed by atoms with E-state index in [0.29, 0.717) is 13.1 Å². The number of rotatable bonds is 5. The van der Waals surface area contributed by atoms with Gasteiger partial charge in [0.2, 0.25) is 0 Å². The van der Waals surface area contributed by atoms with Gasteiger partial charge in [-0.15, -0.1) is 6.42 Å². The second-order valence-corrected chi connectivity index (χ2v) is 3.62. The minimum absolute atomic E-state index is 0.0688. The third-order valence-corrected chi connectivity index (χ3v) is 2.31. The molecule has 0 saturated carbocycles. The van der Waals surface area contributed by atoms with Gasteiger partial charge in [0.15, 0.2) is 0 Å². The highest BCUT2D eigenvalue weighted by Crippen LogP contribution is 2.25. The lowest BCUT2D eigenvalue weighted by atomic mass is 9.99. The summed E-state index contributed by atoms with van der Waals surface area (Å²) in [5.74, 6) is 2.40. The Bertz CT molecular complexity index is 315. The zero-order valence-electron chi connectivity index (χ0n) is 8.91. The van der Waals surface area contributed by atoms with E-state index in [1.54, 1.807) is 0 Å². The molecule has 0 bridgehead atoms. The van der Waals surface area contributed by atoms with Gasteiger partial charge in [0.05, 0.1) is 6.54 Å². The number of terminal acetylenes is 1. The number of alkyl halides is 1. The number of halogens is 1. The van der Waals surface area contributed by atoms with Gasteiger partial charge < -0.3 is 5.32 Å². The average Bonchev–Trinajstić information content (AvgIpc) is 2.29. The lowest BCUT2D eigenvalue weighted by Crippen LogP contribution is -2.24. The van der Waals surface area contributed by atoms with E-state index < -0.39 is 6.17 Å². The molecule has 1 aromatic carbocycles. The Morgan fingerprint density at radius 1 is 1.40 bits per heavy atom. The van der Waals surface area contributed by atoms with E-state index in [2.05, 4.69) is 11.2 Å². The van der Waals surface area contributed by atoms with Crippen LogP contribution < -0.4 is 5.32 Å². The molecule has 0 radical (unpaired) electrons. The summed E-state index contributed by atoms with van der Waals surface area (Å²) in [6.07, 6.45) is 4.16. The molecular weight excluding hydrogens is 189 g/mol. The number of benzene rings is 1. The summed E-state index contributed by atoms with van der Waals surface area (Å²) in [5.41, 5.74) is 0.729. The smallest absolute Gasteiger partial charge is 0.129 e. The van der Waals surface area contributed by atoms with Crippen LogP contribution in [0.15, 0.2) is 30.3 Å². The van der Waals surface area contributed by atoms with Crippen molar-refractivity contribution >= 4 is 0 Å². The molecule has 1 rings (SSSR count). The molecule has 80 valence electrons. The maximum atomic E-state index is 13.9. The molecule has 15 heavy (non-hydrogen) atoms. The molecule has 0 aromatic heterocycles. The number of nitrogens with one attached hydrogen (secondary N) is 1. The SMILES string of the molecule is C#CCNCC(C)C(F)c1ccccc1. The third-order valence-electron chi connectivity index (χ3n) is 2.31. The lowest BCUT2D eigenvalue weighted by molar-refractivity contribution is 0.242. The molecule has 0 fully saturated rings. The van der Waals surface area contributed by atoms with Crippen LogP contribution in [-0.4, -0.2) is 13.1 Å². The van der Waals surface area contributed by atoms with Crippen LogP contribution in [0, 0.1) is 18.3 Å². The van der Waals surface area contributed by atoms with Crippen molar-refractivity contribution in [2.45, 2.75) is 13.1 Å². The number of hydrogen-bond donors (Lipinski definition) is 1. The molecule has 0 aliphatic rings.